The van der Waals surface area contributed by atoms with Gasteiger partial charge >= 0.3 is 5.97 Å². The molecule has 0 saturated heterocycles. The summed E-state index contributed by atoms with van der Waals surface area (Å²) in [6, 6.07) is 2.77. The summed E-state index contributed by atoms with van der Waals surface area (Å²) in [6.45, 7) is 10.4. The van der Waals surface area contributed by atoms with Crippen molar-refractivity contribution in [2.45, 2.75) is 77.2 Å². The van der Waals surface area contributed by atoms with Crippen LogP contribution in [0.1, 0.15) is 77.1 Å². The Morgan fingerprint density at radius 3 is 2.06 bits per heavy atom. The van der Waals surface area contributed by atoms with Gasteiger partial charge in [0.2, 0.25) is 0 Å². The summed E-state index contributed by atoms with van der Waals surface area (Å²) in [4.78, 5) is 48.1. The van der Waals surface area contributed by atoms with E-state index in [-0.39, 0.29) is 32.4 Å². The fourth-order valence-electron chi connectivity index (χ4n) is 6.90. The van der Waals surface area contributed by atoms with Gasteiger partial charge in [0.25, 0.3) is 11.4 Å². The second-order valence-corrected chi connectivity index (χ2v) is 13.1. The van der Waals surface area contributed by atoms with Gasteiger partial charge in [-0.1, -0.05) is 50.5 Å². The predicted molar refractivity (Wildman–Crippen MR) is 131 cm³/mol. The number of fused-ring (bicyclic) bond motifs is 3. The Hall–Kier alpha value is -2.62. The van der Waals surface area contributed by atoms with E-state index in [9.17, 15) is 29.8 Å². The number of allylic oxidation sites excluding steroid dienone is 1. The van der Waals surface area contributed by atoms with Crippen LogP contribution in [0.3, 0.4) is 0 Å². The minimum atomic E-state index is -1.21. The third kappa shape index (κ3) is 4.41. The summed E-state index contributed by atoms with van der Waals surface area (Å²) in [5.41, 5.74) is -1.95. The number of nitro groups is 2. The van der Waals surface area contributed by atoms with Crippen LogP contribution in [0.25, 0.3) is 0 Å². The van der Waals surface area contributed by atoms with Crippen molar-refractivity contribution in [2.24, 2.45) is 16.2 Å². The second-order valence-electron chi connectivity index (χ2n) is 12.2. The first-order valence-corrected chi connectivity index (χ1v) is 12.5. The molecule has 3 atom stereocenters. The molecule has 35 heavy (non-hydrogen) atoms. The number of carbonyl (C=O) groups excluding carboxylic acids is 2. The Labute approximate surface area is 211 Å². The van der Waals surface area contributed by atoms with Gasteiger partial charge in [-0.15, -0.1) is 0 Å². The van der Waals surface area contributed by atoms with Crippen LogP contribution >= 0.6 is 15.9 Å². The van der Waals surface area contributed by atoms with Gasteiger partial charge in [0.15, 0.2) is 5.78 Å². The SMILES string of the molecule is CC1(C)CC(=O)C2=C(C1)[C@@H](Br)[C@]1(C)CC(C)(C)C[C@@]2(OC(=O)c2cc([N+](=O)[O-])cc([N+](=O)[O-])c2)C1. The predicted octanol–water partition coefficient (Wildman–Crippen LogP) is 6.08. The molecule has 10 heteroatoms. The average molecular weight is 549 g/mol. The van der Waals surface area contributed by atoms with Crippen LogP contribution in [0.2, 0.25) is 0 Å². The van der Waals surface area contributed by atoms with Crippen LogP contribution < -0.4 is 0 Å². The van der Waals surface area contributed by atoms with Crippen molar-refractivity contribution >= 4 is 39.1 Å². The quantitative estimate of drug-likeness (QED) is 0.193. The van der Waals surface area contributed by atoms with Crippen molar-refractivity contribution < 1.29 is 24.2 Å². The van der Waals surface area contributed by atoms with Crippen LogP contribution in [0.15, 0.2) is 29.3 Å². The molecule has 4 rings (SSSR count). The molecule has 0 spiro atoms. The zero-order valence-corrected chi connectivity index (χ0v) is 22.1. The number of hydrogen-bond donors (Lipinski definition) is 0. The molecule has 2 bridgehead atoms. The van der Waals surface area contributed by atoms with Gasteiger partial charge in [-0.3, -0.25) is 25.0 Å². The number of halogens is 1. The minimum absolute atomic E-state index is 0.0566. The van der Waals surface area contributed by atoms with E-state index in [0.717, 1.165) is 30.2 Å². The molecular formula is C25H29BrN2O7. The number of ether oxygens (including phenoxy) is 1. The van der Waals surface area contributed by atoms with Gasteiger partial charge in [0, 0.05) is 29.0 Å². The van der Waals surface area contributed by atoms with E-state index < -0.39 is 32.8 Å². The smallest absolute Gasteiger partial charge is 0.339 e. The van der Waals surface area contributed by atoms with Crippen LogP contribution in [-0.2, 0) is 9.53 Å². The van der Waals surface area contributed by atoms with E-state index in [1.165, 1.54) is 0 Å². The number of alkyl halides is 1. The lowest BCUT2D eigenvalue weighted by Crippen LogP contribution is -2.59. The van der Waals surface area contributed by atoms with E-state index in [1.54, 1.807) is 0 Å². The highest BCUT2D eigenvalue weighted by molar-refractivity contribution is 9.09. The Bertz CT molecular complexity index is 1170. The average Bonchev–Trinajstić information content (AvgIpc) is 2.68. The molecule has 188 valence electrons. The molecule has 1 aromatic rings. The van der Waals surface area contributed by atoms with E-state index in [1.807, 2.05) is 13.8 Å². The molecular weight excluding hydrogens is 520 g/mol. The molecule has 0 unspecified atom stereocenters. The molecule has 3 aliphatic carbocycles. The van der Waals surface area contributed by atoms with Crippen molar-refractivity contribution in [3.05, 3.63) is 55.1 Å². The monoisotopic (exact) mass is 548 g/mol. The molecule has 0 aromatic heterocycles. The number of ketones is 1. The molecule has 1 saturated carbocycles. The highest BCUT2D eigenvalue weighted by Gasteiger charge is 2.62. The van der Waals surface area contributed by atoms with Gasteiger partial charge in [-0.05, 0) is 47.5 Å². The zero-order valence-electron chi connectivity index (χ0n) is 20.5. The maximum Gasteiger partial charge on any atom is 0.339 e. The number of Topliss-reactive ketones (excluding diaryl/α,β-unsaturated/α-hetero) is 1. The highest BCUT2D eigenvalue weighted by Crippen LogP contribution is 2.64. The van der Waals surface area contributed by atoms with Crippen LogP contribution in [0.5, 0.6) is 0 Å². The third-order valence-corrected chi connectivity index (χ3v) is 9.12. The van der Waals surface area contributed by atoms with Gasteiger partial charge < -0.3 is 4.74 Å². The van der Waals surface area contributed by atoms with E-state index in [4.69, 9.17) is 4.74 Å². The lowest BCUT2D eigenvalue weighted by Gasteiger charge is -2.60. The number of carbonyl (C=O) groups is 2. The highest BCUT2D eigenvalue weighted by atomic mass is 79.9. The lowest BCUT2D eigenvalue weighted by atomic mass is 9.49. The zero-order chi connectivity index (χ0) is 26.1. The molecule has 1 fully saturated rings. The second kappa shape index (κ2) is 7.94. The number of hydrogen-bond acceptors (Lipinski definition) is 7. The lowest BCUT2D eigenvalue weighted by molar-refractivity contribution is -0.394. The molecule has 9 nitrogen and oxygen atoms in total. The van der Waals surface area contributed by atoms with Crippen molar-refractivity contribution in [3.63, 3.8) is 0 Å². The molecule has 0 heterocycles. The maximum absolute atomic E-state index is 13.6. The fraction of sp³-hybridized carbons (Fsp3) is 0.600. The van der Waals surface area contributed by atoms with Gasteiger partial charge in [-0.2, -0.15) is 0 Å². The molecule has 3 aliphatic rings. The van der Waals surface area contributed by atoms with Gasteiger partial charge in [-0.25, -0.2) is 4.79 Å². The van der Waals surface area contributed by atoms with E-state index >= 15 is 0 Å². The fourth-order valence-corrected chi connectivity index (χ4v) is 7.61. The largest absolute Gasteiger partial charge is 0.450 e. The number of nitrogens with zero attached hydrogens (tertiary/aromatic N) is 2. The number of benzene rings is 1. The van der Waals surface area contributed by atoms with Crippen LogP contribution in [0.4, 0.5) is 11.4 Å². The summed E-state index contributed by atoms with van der Waals surface area (Å²) in [5, 5.41) is 22.7. The van der Waals surface area contributed by atoms with Crippen molar-refractivity contribution in [1.29, 1.82) is 0 Å². The van der Waals surface area contributed by atoms with Crippen LogP contribution in [-0.4, -0.2) is 32.0 Å². The molecule has 0 N–H and O–H groups in total. The first-order chi connectivity index (χ1) is 16.0. The summed E-state index contributed by atoms with van der Waals surface area (Å²) in [6.07, 6.45) is 2.70. The minimum Gasteiger partial charge on any atom is -0.450 e. The van der Waals surface area contributed by atoms with Gasteiger partial charge in [0.05, 0.1) is 21.5 Å². The topological polar surface area (TPSA) is 130 Å². The number of non-ortho nitro benzene ring substituents is 2. The summed E-state index contributed by atoms with van der Waals surface area (Å²) in [7, 11) is 0. The number of nitro benzene ring substituents is 2. The van der Waals surface area contributed by atoms with E-state index in [2.05, 4.69) is 36.7 Å². The number of esters is 1. The summed E-state index contributed by atoms with van der Waals surface area (Å²) < 4.78 is 6.18. The van der Waals surface area contributed by atoms with Crippen molar-refractivity contribution in [1.82, 2.24) is 0 Å². The summed E-state index contributed by atoms with van der Waals surface area (Å²) in [5.74, 6) is -0.965. The molecule has 0 aliphatic heterocycles. The van der Waals surface area contributed by atoms with Crippen LogP contribution in [0, 0.1) is 36.5 Å². The Morgan fingerprint density at radius 2 is 1.51 bits per heavy atom. The molecule has 0 radical (unpaired) electrons. The standard InChI is InChI=1S/C25H29BrN2O7/c1-22(2)9-17-19(18(29)10-22)25(12-23(3,4)11-24(5,13-25)20(17)26)35-21(30)14-6-15(27(31)32)8-16(7-14)28(33)34/h6-8,20H,9-13H2,1-5H3/t20-,24-,25-/m1/s1. The first-order valence-electron chi connectivity index (χ1n) is 11.6. The third-order valence-electron chi connectivity index (χ3n) is 7.47. The first kappa shape index (κ1) is 25.5. The maximum atomic E-state index is 13.6. The van der Waals surface area contributed by atoms with Crippen molar-refractivity contribution in [2.75, 3.05) is 0 Å². The molecule has 0 amide bonds. The summed E-state index contributed by atoms with van der Waals surface area (Å²) >= 11 is 3.89. The Morgan fingerprint density at radius 1 is 0.943 bits per heavy atom. The molecule has 1 aromatic carbocycles. The van der Waals surface area contributed by atoms with Gasteiger partial charge in [0.1, 0.15) is 5.60 Å². The Balaban J connectivity index is 1.86. The number of rotatable bonds is 4. The normalized spacial score (nSPS) is 30.9. The Kier molecular flexibility index (Phi) is 5.78. The van der Waals surface area contributed by atoms with E-state index in [0.29, 0.717) is 31.3 Å². The van der Waals surface area contributed by atoms with Crippen molar-refractivity contribution in [3.8, 4) is 0 Å².